The predicted molar refractivity (Wildman–Crippen MR) is 247 cm³/mol. The maximum Gasteiger partial charge on any atom is 0.306 e. The summed E-state index contributed by atoms with van der Waals surface area (Å²) in [5, 5.41) is 0. The fraction of sp³-hybridized carbons (Fsp3) is 0.788. The van der Waals surface area contributed by atoms with Gasteiger partial charge in [-0.3, -0.25) is 14.4 Å². The van der Waals surface area contributed by atoms with Crippen molar-refractivity contribution in [1.82, 2.24) is 0 Å². The number of hydrogen-bond acceptors (Lipinski definition) is 6. The van der Waals surface area contributed by atoms with Gasteiger partial charge < -0.3 is 14.2 Å². The number of carbonyl (C=O) groups is 3. The Bertz CT molecular complexity index is 1030. The van der Waals surface area contributed by atoms with E-state index in [0.717, 1.165) is 96.3 Å². The third kappa shape index (κ3) is 44.5. The van der Waals surface area contributed by atoms with Crippen molar-refractivity contribution in [3.63, 3.8) is 0 Å². The molecule has 0 rings (SSSR count). The van der Waals surface area contributed by atoms with Crippen molar-refractivity contribution in [3.05, 3.63) is 48.6 Å². The summed E-state index contributed by atoms with van der Waals surface area (Å²) in [4.78, 5) is 37.5. The lowest BCUT2D eigenvalue weighted by molar-refractivity contribution is -0.167. The molecule has 0 aliphatic carbocycles. The van der Waals surface area contributed by atoms with Gasteiger partial charge in [0.15, 0.2) is 6.10 Å². The normalized spacial score (nSPS) is 12.4. The second-order valence-corrected chi connectivity index (χ2v) is 16.4. The van der Waals surface area contributed by atoms with Gasteiger partial charge in [0, 0.05) is 19.3 Å². The van der Waals surface area contributed by atoms with Crippen LogP contribution < -0.4 is 0 Å². The van der Waals surface area contributed by atoms with Crippen LogP contribution in [-0.4, -0.2) is 37.2 Å². The Hall–Kier alpha value is -2.63. The molecule has 58 heavy (non-hydrogen) atoms. The first-order valence-electron chi connectivity index (χ1n) is 24.6. The van der Waals surface area contributed by atoms with Crippen LogP contribution in [0.1, 0.15) is 245 Å². The van der Waals surface area contributed by atoms with E-state index < -0.39 is 6.10 Å². The second-order valence-electron chi connectivity index (χ2n) is 16.4. The summed E-state index contributed by atoms with van der Waals surface area (Å²) in [6, 6.07) is 0. The molecular formula is C52H92O6. The Morgan fingerprint density at radius 3 is 1.05 bits per heavy atom. The van der Waals surface area contributed by atoms with Gasteiger partial charge in [0.2, 0.25) is 0 Å². The van der Waals surface area contributed by atoms with E-state index in [9.17, 15) is 14.4 Å². The lowest BCUT2D eigenvalue weighted by atomic mass is 10.1. The molecule has 1 unspecified atom stereocenters. The van der Waals surface area contributed by atoms with Crippen LogP contribution in [0.5, 0.6) is 0 Å². The third-order valence-corrected chi connectivity index (χ3v) is 10.5. The highest BCUT2D eigenvalue weighted by atomic mass is 16.6. The van der Waals surface area contributed by atoms with Crippen LogP contribution in [0, 0.1) is 0 Å². The summed E-state index contributed by atoms with van der Waals surface area (Å²) in [5.41, 5.74) is 0. The van der Waals surface area contributed by atoms with Crippen LogP contribution in [0.4, 0.5) is 0 Å². The van der Waals surface area contributed by atoms with Crippen molar-refractivity contribution in [2.45, 2.75) is 252 Å². The average molecular weight is 813 g/mol. The molecular weight excluding hydrogens is 721 g/mol. The molecule has 0 saturated heterocycles. The molecule has 6 heteroatoms. The van der Waals surface area contributed by atoms with Crippen LogP contribution in [0.3, 0.4) is 0 Å². The lowest BCUT2D eigenvalue weighted by Crippen LogP contribution is -2.30. The number of allylic oxidation sites excluding steroid dienone is 8. The van der Waals surface area contributed by atoms with Gasteiger partial charge in [-0.05, 0) is 77.0 Å². The van der Waals surface area contributed by atoms with Crippen molar-refractivity contribution >= 4 is 17.9 Å². The van der Waals surface area contributed by atoms with Crippen molar-refractivity contribution in [2.24, 2.45) is 0 Å². The SMILES string of the molecule is CCC/C=C\CCCCCCCC(=O)OC(COC(=O)CCCCCCC)COC(=O)CCCCCCCCCCCC/C=C\C/C=C\C/C=C\CCCCCCC. The molecule has 0 N–H and O–H groups in total. The van der Waals surface area contributed by atoms with E-state index in [1.54, 1.807) is 0 Å². The molecule has 0 bridgehead atoms. The highest BCUT2D eigenvalue weighted by Gasteiger charge is 2.19. The summed E-state index contributed by atoms with van der Waals surface area (Å²) >= 11 is 0. The standard InChI is InChI=1S/C52H92O6/c1-4-7-10-13-15-17-19-20-21-22-23-24-25-26-27-28-29-30-31-32-33-35-36-39-42-45-51(54)57-48-49(47-56-50(53)44-41-38-12-9-6-3)58-52(55)46-43-40-37-34-18-16-14-11-8-5-2/h11,14,19-20,22-23,25-26,49H,4-10,12-13,15-18,21,24,27-48H2,1-3H3/b14-11-,20-19-,23-22-,26-25-. The van der Waals surface area contributed by atoms with Crippen molar-refractivity contribution in [3.8, 4) is 0 Å². The highest BCUT2D eigenvalue weighted by molar-refractivity contribution is 5.71. The van der Waals surface area contributed by atoms with Crippen molar-refractivity contribution < 1.29 is 28.6 Å². The van der Waals surface area contributed by atoms with Crippen molar-refractivity contribution in [1.29, 1.82) is 0 Å². The van der Waals surface area contributed by atoms with Crippen LogP contribution >= 0.6 is 0 Å². The summed E-state index contributed by atoms with van der Waals surface area (Å²) in [5.74, 6) is -0.906. The Morgan fingerprint density at radius 2 is 0.655 bits per heavy atom. The molecule has 0 radical (unpaired) electrons. The average Bonchev–Trinajstić information content (AvgIpc) is 3.22. The van der Waals surface area contributed by atoms with E-state index in [0.29, 0.717) is 19.3 Å². The van der Waals surface area contributed by atoms with Gasteiger partial charge >= 0.3 is 17.9 Å². The van der Waals surface area contributed by atoms with Gasteiger partial charge in [-0.2, -0.15) is 0 Å². The molecule has 0 fully saturated rings. The van der Waals surface area contributed by atoms with Gasteiger partial charge in [-0.25, -0.2) is 0 Å². The maximum absolute atomic E-state index is 12.6. The fourth-order valence-electron chi connectivity index (χ4n) is 6.80. The van der Waals surface area contributed by atoms with Gasteiger partial charge in [-0.1, -0.05) is 198 Å². The van der Waals surface area contributed by atoms with Crippen LogP contribution in [-0.2, 0) is 28.6 Å². The molecule has 0 heterocycles. The van der Waals surface area contributed by atoms with E-state index >= 15 is 0 Å². The zero-order valence-electron chi connectivity index (χ0n) is 38.3. The van der Waals surface area contributed by atoms with Crippen LogP contribution in [0.25, 0.3) is 0 Å². The first-order valence-corrected chi connectivity index (χ1v) is 24.6. The summed E-state index contributed by atoms with van der Waals surface area (Å²) < 4.78 is 16.6. The Kier molecular flexibility index (Phi) is 44.9. The Morgan fingerprint density at radius 1 is 0.345 bits per heavy atom. The summed E-state index contributed by atoms with van der Waals surface area (Å²) in [6.07, 6.45) is 55.7. The minimum absolute atomic E-state index is 0.0783. The fourth-order valence-corrected chi connectivity index (χ4v) is 6.80. The molecule has 0 aromatic carbocycles. The topological polar surface area (TPSA) is 78.9 Å². The molecule has 0 aliphatic heterocycles. The quantitative estimate of drug-likeness (QED) is 0.0264. The van der Waals surface area contributed by atoms with Crippen molar-refractivity contribution in [2.75, 3.05) is 13.2 Å². The molecule has 0 spiro atoms. The van der Waals surface area contributed by atoms with E-state index in [1.807, 2.05) is 0 Å². The first kappa shape index (κ1) is 55.4. The minimum Gasteiger partial charge on any atom is -0.462 e. The zero-order chi connectivity index (χ0) is 42.3. The smallest absolute Gasteiger partial charge is 0.306 e. The number of unbranched alkanes of at least 4 members (excludes halogenated alkanes) is 25. The van der Waals surface area contributed by atoms with Gasteiger partial charge in [0.1, 0.15) is 13.2 Å². The molecule has 1 atom stereocenters. The third-order valence-electron chi connectivity index (χ3n) is 10.5. The van der Waals surface area contributed by atoms with E-state index in [1.165, 1.54) is 109 Å². The Labute approximate surface area is 358 Å². The number of rotatable bonds is 44. The monoisotopic (exact) mass is 813 g/mol. The van der Waals surface area contributed by atoms with E-state index in [2.05, 4.69) is 69.4 Å². The second kappa shape index (κ2) is 47.1. The molecule has 0 saturated carbocycles. The predicted octanol–water partition coefficient (Wildman–Crippen LogP) is 15.9. The summed E-state index contributed by atoms with van der Waals surface area (Å²) in [7, 11) is 0. The van der Waals surface area contributed by atoms with E-state index in [4.69, 9.17) is 14.2 Å². The number of carbonyl (C=O) groups excluding carboxylic acids is 3. The van der Waals surface area contributed by atoms with Gasteiger partial charge in [-0.15, -0.1) is 0 Å². The van der Waals surface area contributed by atoms with E-state index in [-0.39, 0.29) is 31.1 Å². The Balaban J connectivity index is 4.05. The molecule has 0 aromatic heterocycles. The summed E-state index contributed by atoms with van der Waals surface area (Å²) in [6.45, 7) is 6.47. The first-order chi connectivity index (χ1) is 28.5. The van der Waals surface area contributed by atoms with Crippen LogP contribution in [0.2, 0.25) is 0 Å². The number of esters is 3. The lowest BCUT2D eigenvalue weighted by Gasteiger charge is -2.18. The van der Waals surface area contributed by atoms with Crippen LogP contribution in [0.15, 0.2) is 48.6 Å². The molecule has 0 aliphatic rings. The van der Waals surface area contributed by atoms with Gasteiger partial charge in [0.05, 0.1) is 0 Å². The minimum atomic E-state index is -0.772. The molecule has 0 amide bonds. The molecule has 6 nitrogen and oxygen atoms in total. The molecule has 336 valence electrons. The maximum atomic E-state index is 12.6. The molecule has 0 aromatic rings. The highest BCUT2D eigenvalue weighted by Crippen LogP contribution is 2.14. The van der Waals surface area contributed by atoms with Gasteiger partial charge in [0.25, 0.3) is 0 Å². The number of ether oxygens (including phenoxy) is 3. The number of hydrogen-bond donors (Lipinski definition) is 0. The zero-order valence-corrected chi connectivity index (χ0v) is 38.3. The largest absolute Gasteiger partial charge is 0.462 e.